The summed E-state index contributed by atoms with van der Waals surface area (Å²) in [6, 6.07) is 4.04. The van der Waals surface area contributed by atoms with E-state index >= 15 is 0 Å². The van der Waals surface area contributed by atoms with E-state index in [1.165, 1.54) is 0 Å². The van der Waals surface area contributed by atoms with Crippen LogP contribution in [0.5, 0.6) is 5.75 Å². The van der Waals surface area contributed by atoms with Gasteiger partial charge in [0.15, 0.2) is 0 Å². The lowest BCUT2D eigenvalue weighted by atomic mass is 9.78. The number of aliphatic hydroxyl groups excluding tert-OH is 1. The molecule has 1 aromatic carbocycles. The third-order valence-electron chi connectivity index (χ3n) is 4.08. The van der Waals surface area contributed by atoms with E-state index in [0.29, 0.717) is 31.6 Å². The Balaban J connectivity index is 3.01. The highest BCUT2D eigenvalue weighted by atomic mass is 16.3. The Morgan fingerprint density at radius 2 is 1.54 bits per heavy atom. The van der Waals surface area contributed by atoms with E-state index in [-0.39, 0.29) is 23.3 Å². The number of hydrogen-bond acceptors (Lipinski definition) is 3. The van der Waals surface area contributed by atoms with Gasteiger partial charge < -0.3 is 15.5 Å². The van der Waals surface area contributed by atoms with Gasteiger partial charge in [0.05, 0.1) is 0 Å². The minimum atomic E-state index is -0.163. The minimum absolute atomic E-state index is 0.00820. The van der Waals surface area contributed by atoms with Crippen molar-refractivity contribution in [2.45, 2.75) is 71.6 Å². The molecule has 0 saturated carbocycles. The molecule has 1 amide bonds. The molecule has 0 spiro atoms. The molecule has 0 unspecified atom stereocenters. The fraction of sp³-hybridized carbons (Fsp3) is 0.650. The summed E-state index contributed by atoms with van der Waals surface area (Å²) in [5.74, 6) is 0.359. The normalized spacial score (nSPS) is 12.3. The Labute approximate surface area is 146 Å². The molecule has 0 heterocycles. The Morgan fingerprint density at radius 1 is 1.04 bits per heavy atom. The number of nitrogens with one attached hydrogen (secondary N) is 1. The van der Waals surface area contributed by atoms with Crippen LogP contribution >= 0.6 is 0 Å². The highest BCUT2D eigenvalue weighted by Crippen LogP contribution is 2.39. The van der Waals surface area contributed by atoms with Crippen LogP contribution in [-0.4, -0.2) is 29.3 Å². The van der Waals surface area contributed by atoms with Gasteiger partial charge in [-0.25, -0.2) is 0 Å². The number of hydrogen-bond donors (Lipinski definition) is 3. The Kier molecular flexibility index (Phi) is 6.85. The first-order valence-corrected chi connectivity index (χ1v) is 8.71. The van der Waals surface area contributed by atoms with Crippen molar-refractivity contribution in [3.8, 4) is 5.75 Å². The van der Waals surface area contributed by atoms with Gasteiger partial charge in [0.1, 0.15) is 5.75 Å². The highest BCUT2D eigenvalue weighted by molar-refractivity contribution is 5.76. The molecule has 0 fully saturated rings. The maximum absolute atomic E-state index is 11.9. The van der Waals surface area contributed by atoms with Crippen molar-refractivity contribution in [3.63, 3.8) is 0 Å². The second-order valence-corrected chi connectivity index (χ2v) is 8.47. The van der Waals surface area contributed by atoms with Gasteiger partial charge in [-0.3, -0.25) is 4.79 Å². The van der Waals surface area contributed by atoms with E-state index in [1.807, 2.05) is 12.1 Å². The number of carbonyl (C=O) groups excluding carboxylic acids is 1. The summed E-state index contributed by atoms with van der Waals surface area (Å²) in [5.41, 5.74) is 2.59. The zero-order valence-electron chi connectivity index (χ0n) is 16.0. The number of aromatic hydroxyl groups is 1. The fourth-order valence-electron chi connectivity index (χ4n) is 2.64. The van der Waals surface area contributed by atoms with Crippen LogP contribution in [0.2, 0.25) is 0 Å². The fourth-order valence-corrected chi connectivity index (χ4v) is 2.64. The number of rotatable bonds is 6. The summed E-state index contributed by atoms with van der Waals surface area (Å²) in [6.07, 6.45) is 1.62. The molecule has 0 bridgehead atoms. The third-order valence-corrected chi connectivity index (χ3v) is 4.08. The predicted octanol–water partition coefficient (Wildman–Crippen LogP) is 3.42. The van der Waals surface area contributed by atoms with Gasteiger partial charge in [-0.15, -0.1) is 0 Å². The lowest BCUT2D eigenvalue weighted by Gasteiger charge is -2.28. The molecule has 1 rings (SSSR count). The molecule has 0 saturated heterocycles. The number of amides is 1. The molecule has 1 aromatic rings. The first-order valence-electron chi connectivity index (χ1n) is 8.71. The third kappa shape index (κ3) is 5.82. The molecule has 0 aliphatic rings. The van der Waals surface area contributed by atoms with E-state index in [4.69, 9.17) is 5.11 Å². The molecule has 3 N–H and O–H groups in total. The van der Waals surface area contributed by atoms with E-state index in [9.17, 15) is 9.90 Å². The van der Waals surface area contributed by atoms with Crippen LogP contribution in [0.25, 0.3) is 0 Å². The van der Waals surface area contributed by atoms with Crippen molar-refractivity contribution in [1.29, 1.82) is 0 Å². The summed E-state index contributed by atoms with van der Waals surface area (Å²) in [7, 11) is 0. The Bertz CT molecular complexity index is 530. The van der Waals surface area contributed by atoms with Crippen molar-refractivity contribution in [2.75, 3.05) is 13.2 Å². The first kappa shape index (κ1) is 20.5. The largest absolute Gasteiger partial charge is 0.507 e. The summed E-state index contributed by atoms with van der Waals surface area (Å²) in [5, 5.41) is 22.3. The lowest BCUT2D eigenvalue weighted by Crippen LogP contribution is -2.25. The maximum atomic E-state index is 11.9. The molecule has 0 atom stereocenters. The molecule has 0 aliphatic carbocycles. The monoisotopic (exact) mass is 335 g/mol. The van der Waals surface area contributed by atoms with Crippen LogP contribution in [0.4, 0.5) is 0 Å². The second kappa shape index (κ2) is 8.02. The summed E-state index contributed by atoms with van der Waals surface area (Å²) >= 11 is 0. The second-order valence-electron chi connectivity index (χ2n) is 8.47. The molecule has 136 valence electrons. The van der Waals surface area contributed by atoms with E-state index in [0.717, 1.165) is 16.7 Å². The quantitative estimate of drug-likeness (QED) is 0.698. The van der Waals surface area contributed by atoms with Crippen LogP contribution in [0, 0.1) is 0 Å². The predicted molar refractivity (Wildman–Crippen MR) is 98.5 cm³/mol. The van der Waals surface area contributed by atoms with Crippen molar-refractivity contribution in [3.05, 3.63) is 28.8 Å². The van der Waals surface area contributed by atoms with Crippen molar-refractivity contribution >= 4 is 5.91 Å². The number of carbonyl (C=O) groups is 1. The van der Waals surface area contributed by atoms with Crippen LogP contribution in [0.15, 0.2) is 12.1 Å². The zero-order chi connectivity index (χ0) is 18.5. The number of phenolic OH excluding ortho intramolecular Hbond substituents is 1. The number of benzene rings is 1. The molecule has 0 aliphatic heterocycles. The van der Waals surface area contributed by atoms with Gasteiger partial charge in [-0.2, -0.15) is 0 Å². The lowest BCUT2D eigenvalue weighted by molar-refractivity contribution is -0.121. The van der Waals surface area contributed by atoms with Gasteiger partial charge in [0.25, 0.3) is 0 Å². The van der Waals surface area contributed by atoms with E-state index in [2.05, 4.69) is 46.9 Å². The average molecular weight is 335 g/mol. The minimum Gasteiger partial charge on any atom is -0.507 e. The topological polar surface area (TPSA) is 69.6 Å². The average Bonchev–Trinajstić information content (AvgIpc) is 2.44. The number of aryl methyl sites for hydroxylation is 1. The van der Waals surface area contributed by atoms with E-state index in [1.54, 1.807) is 0 Å². The molecule has 0 aromatic heterocycles. The molecule has 0 radical (unpaired) electrons. The summed E-state index contributed by atoms with van der Waals surface area (Å²) in [6.45, 7) is 13.1. The summed E-state index contributed by atoms with van der Waals surface area (Å²) < 4.78 is 0. The van der Waals surface area contributed by atoms with Gasteiger partial charge >= 0.3 is 0 Å². The summed E-state index contributed by atoms with van der Waals surface area (Å²) in [4.78, 5) is 11.9. The molecule has 4 heteroatoms. The molecule has 4 nitrogen and oxygen atoms in total. The Hall–Kier alpha value is -1.55. The standard InChI is InChI=1S/C20H33NO3/c1-19(2,3)15-12-14(8-9-17(23)21-10-7-11-22)13-16(18(15)24)20(4,5)6/h12-13,22,24H,7-11H2,1-6H3,(H,21,23). The molecular weight excluding hydrogens is 302 g/mol. The van der Waals surface area contributed by atoms with Crippen molar-refractivity contribution < 1.29 is 15.0 Å². The van der Waals surface area contributed by atoms with Crippen molar-refractivity contribution in [1.82, 2.24) is 5.32 Å². The van der Waals surface area contributed by atoms with Crippen molar-refractivity contribution in [2.24, 2.45) is 0 Å². The number of aliphatic hydroxyl groups is 1. The smallest absolute Gasteiger partial charge is 0.220 e. The number of phenols is 1. The van der Waals surface area contributed by atoms with Gasteiger partial charge in [-0.1, -0.05) is 53.7 Å². The SMILES string of the molecule is CC(C)(C)c1cc(CCC(=O)NCCCO)cc(C(C)(C)C)c1O. The van der Waals surface area contributed by atoms with Crippen LogP contribution in [0.1, 0.15) is 71.1 Å². The zero-order valence-corrected chi connectivity index (χ0v) is 16.0. The first-order chi connectivity index (χ1) is 11.0. The Morgan fingerprint density at radius 3 is 1.96 bits per heavy atom. The highest BCUT2D eigenvalue weighted by Gasteiger charge is 2.26. The maximum Gasteiger partial charge on any atom is 0.220 e. The van der Waals surface area contributed by atoms with Crippen LogP contribution in [0.3, 0.4) is 0 Å². The van der Waals surface area contributed by atoms with Gasteiger partial charge in [-0.05, 0) is 40.4 Å². The van der Waals surface area contributed by atoms with Gasteiger partial charge in [0.2, 0.25) is 5.91 Å². The molecular formula is C20H33NO3. The van der Waals surface area contributed by atoms with Crippen LogP contribution < -0.4 is 5.32 Å². The van der Waals surface area contributed by atoms with Crippen LogP contribution in [-0.2, 0) is 22.0 Å². The van der Waals surface area contributed by atoms with Gasteiger partial charge in [0, 0.05) is 19.6 Å². The van der Waals surface area contributed by atoms with E-state index < -0.39 is 0 Å². The molecule has 24 heavy (non-hydrogen) atoms.